The molecule has 2 fully saturated rings. The molecule has 1 spiro atoms. The first kappa shape index (κ1) is 14.6. The smallest absolute Gasteiger partial charge is 0.0955 e. The van der Waals surface area contributed by atoms with E-state index in [1.165, 1.54) is 32.1 Å². The lowest BCUT2D eigenvalue weighted by Crippen LogP contribution is -2.51. The van der Waals surface area contributed by atoms with Crippen molar-refractivity contribution in [3.63, 3.8) is 0 Å². The highest BCUT2D eigenvalue weighted by Crippen LogP contribution is 2.65. The lowest BCUT2D eigenvalue weighted by atomic mass is 9.55. The molecule has 0 aromatic heterocycles. The molecule has 3 rings (SSSR count). The zero-order valence-corrected chi connectivity index (χ0v) is 13.4. The summed E-state index contributed by atoms with van der Waals surface area (Å²) < 4.78 is 6.78. The standard InChI is InChI=1S/C18H30O2/c1-16(2)15-9-11-17(3)10-6-8-14(7-4-5-12-19)18(17,13-15)20-16/h8,15,19H,4-7,9-13H2,1-3H3/t15-,17+,18+/m1/s1. The molecule has 2 bridgehead atoms. The van der Waals surface area contributed by atoms with Crippen LogP contribution in [0.5, 0.6) is 0 Å². The Kier molecular flexibility index (Phi) is 3.53. The van der Waals surface area contributed by atoms with Gasteiger partial charge in [-0.25, -0.2) is 0 Å². The van der Waals surface area contributed by atoms with Gasteiger partial charge < -0.3 is 9.84 Å². The highest BCUT2D eigenvalue weighted by molar-refractivity contribution is 5.31. The van der Waals surface area contributed by atoms with Crippen LogP contribution in [0.2, 0.25) is 0 Å². The van der Waals surface area contributed by atoms with Gasteiger partial charge in [-0.1, -0.05) is 13.0 Å². The highest BCUT2D eigenvalue weighted by atomic mass is 16.5. The van der Waals surface area contributed by atoms with E-state index in [2.05, 4.69) is 26.8 Å². The van der Waals surface area contributed by atoms with Crippen molar-refractivity contribution in [2.24, 2.45) is 11.3 Å². The molecule has 2 nitrogen and oxygen atoms in total. The summed E-state index contributed by atoms with van der Waals surface area (Å²) in [5.41, 5.74) is 1.92. The summed E-state index contributed by atoms with van der Waals surface area (Å²) in [6.45, 7) is 7.35. The predicted octanol–water partition coefficient (Wildman–Crippen LogP) is 4.22. The Balaban J connectivity index is 1.90. The fraction of sp³-hybridized carbons (Fsp3) is 0.889. The third-order valence-corrected chi connectivity index (χ3v) is 6.43. The van der Waals surface area contributed by atoms with Gasteiger partial charge in [-0.3, -0.25) is 0 Å². The average Bonchev–Trinajstić information content (AvgIpc) is 2.62. The van der Waals surface area contributed by atoms with Crippen molar-refractivity contribution >= 4 is 0 Å². The maximum atomic E-state index is 9.04. The summed E-state index contributed by atoms with van der Waals surface area (Å²) in [6, 6.07) is 0. The quantitative estimate of drug-likeness (QED) is 0.616. The molecule has 20 heavy (non-hydrogen) atoms. The molecule has 0 unspecified atom stereocenters. The molecule has 1 saturated heterocycles. The topological polar surface area (TPSA) is 29.5 Å². The third kappa shape index (κ3) is 1.99. The maximum Gasteiger partial charge on any atom is 0.0955 e. The van der Waals surface area contributed by atoms with E-state index in [4.69, 9.17) is 9.84 Å². The van der Waals surface area contributed by atoms with E-state index in [9.17, 15) is 0 Å². The Morgan fingerprint density at radius 2 is 2.05 bits per heavy atom. The van der Waals surface area contributed by atoms with Gasteiger partial charge in [-0.2, -0.15) is 0 Å². The SMILES string of the molecule is CC1(C)O[C@]23C[C@H]1CC[C@]2(C)CCC=C3CCCCO. The second-order valence-electron chi connectivity index (χ2n) is 7.98. The minimum Gasteiger partial charge on any atom is -0.396 e. The van der Waals surface area contributed by atoms with Crippen molar-refractivity contribution < 1.29 is 9.84 Å². The van der Waals surface area contributed by atoms with Crippen LogP contribution in [0.15, 0.2) is 11.6 Å². The molecule has 114 valence electrons. The lowest BCUT2D eigenvalue weighted by Gasteiger charge is -2.52. The van der Waals surface area contributed by atoms with E-state index in [0.29, 0.717) is 12.0 Å². The third-order valence-electron chi connectivity index (χ3n) is 6.43. The van der Waals surface area contributed by atoms with Crippen LogP contribution in [-0.4, -0.2) is 22.9 Å². The zero-order chi connectivity index (χ0) is 14.4. The first-order valence-corrected chi connectivity index (χ1v) is 8.44. The van der Waals surface area contributed by atoms with Crippen LogP contribution in [0.25, 0.3) is 0 Å². The monoisotopic (exact) mass is 278 g/mol. The van der Waals surface area contributed by atoms with E-state index in [1.54, 1.807) is 5.57 Å². The Hall–Kier alpha value is -0.340. The number of aliphatic hydroxyl groups excluding tert-OH is 1. The van der Waals surface area contributed by atoms with Crippen molar-refractivity contribution in [1.29, 1.82) is 0 Å². The molecule has 0 amide bonds. The maximum absolute atomic E-state index is 9.04. The van der Waals surface area contributed by atoms with Gasteiger partial charge in [0.05, 0.1) is 11.2 Å². The minimum absolute atomic E-state index is 0.00707. The van der Waals surface area contributed by atoms with Gasteiger partial charge in [0.2, 0.25) is 0 Å². The van der Waals surface area contributed by atoms with E-state index < -0.39 is 0 Å². The van der Waals surface area contributed by atoms with Crippen LogP contribution in [-0.2, 0) is 4.74 Å². The van der Waals surface area contributed by atoms with Crippen LogP contribution in [0.3, 0.4) is 0 Å². The summed E-state index contributed by atoms with van der Waals surface area (Å²) in [6.07, 6.45) is 11.9. The normalized spacial score (nSPS) is 42.2. The number of rotatable bonds is 4. The molecule has 1 heterocycles. The van der Waals surface area contributed by atoms with Crippen LogP contribution < -0.4 is 0 Å². The number of unbranched alkanes of at least 4 members (excludes halogenated alkanes) is 1. The Labute approximate surface area is 123 Å². The molecule has 1 saturated carbocycles. The van der Waals surface area contributed by atoms with Crippen LogP contribution >= 0.6 is 0 Å². The fourth-order valence-electron chi connectivity index (χ4n) is 5.05. The van der Waals surface area contributed by atoms with Gasteiger partial charge in [0, 0.05) is 12.0 Å². The summed E-state index contributed by atoms with van der Waals surface area (Å²) in [5.74, 6) is 0.718. The zero-order valence-electron chi connectivity index (χ0n) is 13.4. The molecule has 1 N–H and O–H groups in total. The van der Waals surface area contributed by atoms with Gasteiger partial charge in [0.25, 0.3) is 0 Å². The van der Waals surface area contributed by atoms with E-state index in [1.807, 2.05) is 0 Å². The van der Waals surface area contributed by atoms with Crippen molar-refractivity contribution in [2.45, 2.75) is 83.3 Å². The predicted molar refractivity (Wildman–Crippen MR) is 81.6 cm³/mol. The second-order valence-corrected chi connectivity index (χ2v) is 7.98. The average molecular weight is 278 g/mol. The summed E-state index contributed by atoms with van der Waals surface area (Å²) in [7, 11) is 0. The largest absolute Gasteiger partial charge is 0.396 e. The second kappa shape index (κ2) is 4.84. The fourth-order valence-corrected chi connectivity index (χ4v) is 5.05. The first-order chi connectivity index (χ1) is 9.44. The van der Waals surface area contributed by atoms with E-state index >= 15 is 0 Å². The van der Waals surface area contributed by atoms with E-state index in [0.717, 1.165) is 25.2 Å². The summed E-state index contributed by atoms with van der Waals surface area (Å²) in [5, 5.41) is 9.04. The molecular formula is C18H30O2. The van der Waals surface area contributed by atoms with Gasteiger partial charge in [0.15, 0.2) is 0 Å². The summed E-state index contributed by atoms with van der Waals surface area (Å²) >= 11 is 0. The number of fused-ring (bicyclic) bond motifs is 1. The molecule has 1 aliphatic heterocycles. The van der Waals surface area contributed by atoms with Crippen LogP contribution in [0, 0.1) is 11.3 Å². The Morgan fingerprint density at radius 3 is 2.80 bits per heavy atom. The molecule has 0 aromatic carbocycles. The molecule has 0 aromatic rings. The van der Waals surface area contributed by atoms with Crippen molar-refractivity contribution in [3.05, 3.63) is 11.6 Å². The lowest BCUT2D eigenvalue weighted by molar-refractivity contribution is -0.132. The molecular weight excluding hydrogens is 248 g/mol. The number of hydrogen-bond donors (Lipinski definition) is 1. The molecule has 0 radical (unpaired) electrons. The number of allylic oxidation sites excluding steroid dienone is 1. The Morgan fingerprint density at radius 1 is 1.25 bits per heavy atom. The molecule has 3 atom stereocenters. The summed E-state index contributed by atoms with van der Waals surface area (Å²) in [4.78, 5) is 0. The van der Waals surface area contributed by atoms with Gasteiger partial charge in [-0.05, 0) is 76.7 Å². The highest BCUT2D eigenvalue weighted by Gasteiger charge is 2.64. The van der Waals surface area contributed by atoms with E-state index in [-0.39, 0.29) is 11.2 Å². The number of aliphatic hydroxyl groups is 1. The van der Waals surface area contributed by atoms with Crippen molar-refractivity contribution in [1.82, 2.24) is 0 Å². The van der Waals surface area contributed by atoms with Gasteiger partial charge in [0.1, 0.15) is 0 Å². The van der Waals surface area contributed by atoms with Gasteiger partial charge >= 0.3 is 0 Å². The van der Waals surface area contributed by atoms with Crippen LogP contribution in [0.4, 0.5) is 0 Å². The number of ether oxygens (including phenoxy) is 1. The van der Waals surface area contributed by atoms with Crippen molar-refractivity contribution in [2.75, 3.05) is 6.61 Å². The van der Waals surface area contributed by atoms with Gasteiger partial charge in [-0.15, -0.1) is 0 Å². The van der Waals surface area contributed by atoms with Crippen molar-refractivity contribution in [3.8, 4) is 0 Å². The molecule has 3 aliphatic rings. The van der Waals surface area contributed by atoms with Crippen LogP contribution in [0.1, 0.15) is 72.1 Å². The molecule has 2 aliphatic carbocycles. The first-order valence-electron chi connectivity index (χ1n) is 8.44. The molecule has 2 heteroatoms. The minimum atomic E-state index is 0.00707. The Bertz CT molecular complexity index is 412. The number of hydrogen-bond acceptors (Lipinski definition) is 2.